The van der Waals surface area contributed by atoms with Gasteiger partial charge in [-0.25, -0.2) is 0 Å². The van der Waals surface area contributed by atoms with E-state index in [1.807, 2.05) is 0 Å². The molecule has 12 heavy (non-hydrogen) atoms. The molecule has 0 spiro atoms. The molecule has 4 nitrogen and oxygen atoms in total. The summed E-state index contributed by atoms with van der Waals surface area (Å²) in [5, 5.41) is 22.8. The first-order chi connectivity index (χ1) is 5.79. The van der Waals surface area contributed by atoms with Crippen LogP contribution in [0.25, 0.3) is 11.0 Å². The van der Waals surface area contributed by atoms with Crippen LogP contribution in [0.3, 0.4) is 0 Å². The van der Waals surface area contributed by atoms with Crippen LogP contribution in [0.1, 0.15) is 0 Å². The van der Waals surface area contributed by atoms with E-state index in [2.05, 4.69) is 0 Å². The molecule has 0 aliphatic heterocycles. The molecule has 0 saturated carbocycles. The van der Waals surface area contributed by atoms with Gasteiger partial charge in [0.05, 0.1) is 0 Å². The van der Waals surface area contributed by atoms with Crippen molar-refractivity contribution >= 4 is 11.0 Å². The lowest BCUT2D eigenvalue weighted by molar-refractivity contribution is -0.691. The van der Waals surface area contributed by atoms with Crippen molar-refractivity contribution in [3.63, 3.8) is 0 Å². The zero-order chi connectivity index (χ0) is 8.55. The third kappa shape index (κ3) is 0.852. The van der Waals surface area contributed by atoms with Crippen LogP contribution in [0, 0.1) is 10.4 Å². The van der Waals surface area contributed by atoms with Crippen molar-refractivity contribution in [2.75, 3.05) is 0 Å². The van der Waals surface area contributed by atoms with Gasteiger partial charge in [-0.05, 0) is 12.1 Å². The van der Waals surface area contributed by atoms with Gasteiger partial charge in [-0.15, -0.1) is 9.46 Å². The van der Waals surface area contributed by atoms with Crippen LogP contribution in [-0.4, -0.2) is 0 Å². The molecule has 0 saturated heterocycles. The van der Waals surface area contributed by atoms with E-state index in [0.29, 0.717) is 14.8 Å². The lowest BCUT2D eigenvalue weighted by Gasteiger charge is -1.99. The molecule has 2 aromatic rings. The average molecular weight is 162 g/mol. The molecule has 0 radical (unpaired) electrons. The van der Waals surface area contributed by atoms with E-state index in [0.717, 1.165) is 0 Å². The molecule has 4 heteroatoms. The van der Waals surface area contributed by atoms with E-state index in [1.54, 1.807) is 24.3 Å². The van der Waals surface area contributed by atoms with Gasteiger partial charge in [0.2, 0.25) is 0 Å². The Kier molecular flexibility index (Phi) is 1.33. The van der Waals surface area contributed by atoms with Gasteiger partial charge in [-0.1, -0.05) is 0 Å². The first-order valence-corrected chi connectivity index (χ1v) is 3.49. The Bertz CT molecular complexity index is 392. The summed E-state index contributed by atoms with van der Waals surface area (Å²) in [5.41, 5.74) is 0.125. The summed E-state index contributed by atoms with van der Waals surface area (Å²) in [6.45, 7) is 0. The van der Waals surface area contributed by atoms with Gasteiger partial charge in [0, 0.05) is 12.1 Å². The highest BCUT2D eigenvalue weighted by Gasteiger charge is 2.10. The second kappa shape index (κ2) is 2.34. The Hall–Kier alpha value is -1.84. The Balaban J connectivity index is 2.96. The SMILES string of the molecule is [O-][n+]1cccc2ccc[n+]([O-])c21. The number of fused-ring (bicyclic) bond motifs is 1. The largest absolute Gasteiger partial charge is 0.614 e. The quantitative estimate of drug-likeness (QED) is 0.407. The molecular weight excluding hydrogens is 156 g/mol. The average Bonchev–Trinajstić information content (AvgIpc) is 2.04. The molecule has 2 rings (SSSR count). The highest BCUT2D eigenvalue weighted by molar-refractivity contribution is 5.68. The summed E-state index contributed by atoms with van der Waals surface area (Å²) < 4.78 is 1.12. The second-order valence-corrected chi connectivity index (χ2v) is 2.45. The monoisotopic (exact) mass is 162 g/mol. The van der Waals surface area contributed by atoms with Crippen molar-refractivity contribution in [1.29, 1.82) is 0 Å². The summed E-state index contributed by atoms with van der Waals surface area (Å²) in [4.78, 5) is 0. The fourth-order valence-corrected chi connectivity index (χ4v) is 1.15. The lowest BCUT2D eigenvalue weighted by atomic mass is 10.3. The van der Waals surface area contributed by atoms with Crippen LogP contribution in [0.4, 0.5) is 0 Å². The van der Waals surface area contributed by atoms with Gasteiger partial charge in [-0.3, -0.25) is 0 Å². The molecule has 0 bridgehead atoms. The fourth-order valence-electron chi connectivity index (χ4n) is 1.15. The molecule has 0 fully saturated rings. The van der Waals surface area contributed by atoms with Crippen molar-refractivity contribution in [2.24, 2.45) is 0 Å². The van der Waals surface area contributed by atoms with Crippen LogP contribution < -0.4 is 9.46 Å². The molecule has 0 aliphatic rings. The first-order valence-electron chi connectivity index (χ1n) is 3.49. The molecule has 2 heterocycles. The first kappa shape index (κ1) is 6.84. The predicted octanol–water partition coefficient (Wildman–Crippen LogP) is 0.107. The van der Waals surface area contributed by atoms with Crippen molar-refractivity contribution < 1.29 is 9.46 Å². The van der Waals surface area contributed by atoms with E-state index in [4.69, 9.17) is 0 Å². The van der Waals surface area contributed by atoms with E-state index in [1.165, 1.54) is 12.4 Å². The number of aromatic nitrogens is 2. The van der Waals surface area contributed by atoms with Gasteiger partial charge < -0.3 is 10.4 Å². The minimum absolute atomic E-state index is 0.125. The number of nitrogens with zero attached hydrogens (tertiary/aromatic N) is 2. The zero-order valence-corrected chi connectivity index (χ0v) is 6.18. The summed E-state index contributed by atoms with van der Waals surface area (Å²) in [5.74, 6) is 0. The topological polar surface area (TPSA) is 53.9 Å². The molecule has 0 atom stereocenters. The van der Waals surface area contributed by atoms with Crippen LogP contribution in [0.5, 0.6) is 0 Å². The van der Waals surface area contributed by atoms with Gasteiger partial charge >= 0.3 is 5.65 Å². The maximum Gasteiger partial charge on any atom is 0.473 e. The van der Waals surface area contributed by atoms with Crippen molar-refractivity contribution in [3.05, 3.63) is 47.1 Å². The van der Waals surface area contributed by atoms with E-state index in [-0.39, 0.29) is 5.65 Å². The minimum atomic E-state index is 0.125. The van der Waals surface area contributed by atoms with E-state index >= 15 is 0 Å². The molecule has 0 N–H and O–H groups in total. The van der Waals surface area contributed by atoms with Gasteiger partial charge in [0.1, 0.15) is 5.39 Å². The Morgan fingerprint density at radius 1 is 0.917 bits per heavy atom. The van der Waals surface area contributed by atoms with E-state index in [9.17, 15) is 10.4 Å². The van der Waals surface area contributed by atoms with Gasteiger partial charge in [-0.2, -0.15) is 0 Å². The summed E-state index contributed by atoms with van der Waals surface area (Å²) >= 11 is 0. The maximum atomic E-state index is 11.1. The molecular formula is C8H6N2O2. The molecule has 0 unspecified atom stereocenters. The number of pyridine rings is 2. The highest BCUT2D eigenvalue weighted by atomic mass is 16.5. The summed E-state index contributed by atoms with van der Waals surface area (Å²) in [6, 6.07) is 6.65. The summed E-state index contributed by atoms with van der Waals surface area (Å²) in [6.07, 6.45) is 2.60. The third-order valence-electron chi connectivity index (χ3n) is 1.67. The Labute approximate surface area is 68.5 Å². The molecule has 0 amide bonds. The number of rotatable bonds is 0. The zero-order valence-electron chi connectivity index (χ0n) is 6.18. The smallest absolute Gasteiger partial charge is 0.473 e. The Morgan fingerprint density at radius 3 is 1.83 bits per heavy atom. The predicted molar refractivity (Wildman–Crippen MR) is 41.9 cm³/mol. The van der Waals surface area contributed by atoms with Crippen molar-refractivity contribution in [1.82, 2.24) is 0 Å². The summed E-state index contributed by atoms with van der Waals surface area (Å²) in [7, 11) is 0. The van der Waals surface area contributed by atoms with Gasteiger partial charge in [0.15, 0.2) is 12.4 Å². The van der Waals surface area contributed by atoms with E-state index < -0.39 is 0 Å². The maximum absolute atomic E-state index is 11.1. The molecule has 0 aromatic carbocycles. The second-order valence-electron chi connectivity index (χ2n) is 2.45. The Morgan fingerprint density at radius 2 is 1.42 bits per heavy atom. The standard InChI is InChI=1S/C8H6N2O2/c11-9-5-1-3-7-4-2-6-10(12)8(7)9/h1-6H. The normalized spacial score (nSPS) is 10.3. The fraction of sp³-hybridized carbons (Fsp3) is 0. The highest BCUT2D eigenvalue weighted by Crippen LogP contribution is 2.01. The third-order valence-corrected chi connectivity index (χ3v) is 1.67. The van der Waals surface area contributed by atoms with Gasteiger partial charge in [0.25, 0.3) is 0 Å². The molecule has 0 aliphatic carbocycles. The van der Waals surface area contributed by atoms with Crippen molar-refractivity contribution in [3.8, 4) is 0 Å². The number of hydrogen-bond acceptors (Lipinski definition) is 2. The minimum Gasteiger partial charge on any atom is -0.614 e. The van der Waals surface area contributed by atoms with Crippen LogP contribution in [-0.2, 0) is 0 Å². The number of hydrogen-bond donors (Lipinski definition) is 0. The van der Waals surface area contributed by atoms with Crippen LogP contribution in [0.15, 0.2) is 36.7 Å². The van der Waals surface area contributed by atoms with Crippen LogP contribution in [0.2, 0.25) is 0 Å². The van der Waals surface area contributed by atoms with Crippen molar-refractivity contribution in [2.45, 2.75) is 0 Å². The van der Waals surface area contributed by atoms with Crippen LogP contribution >= 0.6 is 0 Å². The lowest BCUT2D eigenvalue weighted by Crippen LogP contribution is -2.40. The molecule has 2 aromatic heterocycles. The molecule has 60 valence electrons.